The highest BCUT2D eigenvalue weighted by Crippen LogP contribution is 2.31. The van der Waals surface area contributed by atoms with Gasteiger partial charge in [-0.05, 0) is 24.3 Å². The maximum absolute atomic E-state index is 13.8. The lowest BCUT2D eigenvalue weighted by Crippen LogP contribution is -2.13. The van der Waals surface area contributed by atoms with Gasteiger partial charge in [0.2, 0.25) is 11.6 Å². The molecule has 0 fully saturated rings. The normalized spacial score (nSPS) is 10.2. The first-order valence-electron chi connectivity index (χ1n) is 7.73. The van der Waals surface area contributed by atoms with Gasteiger partial charge in [0.1, 0.15) is 12.1 Å². The van der Waals surface area contributed by atoms with Crippen molar-refractivity contribution in [2.75, 3.05) is 16.2 Å². The zero-order valence-electron chi connectivity index (χ0n) is 14.0. The van der Waals surface area contributed by atoms with Gasteiger partial charge in [-0.25, -0.2) is 14.4 Å². The van der Waals surface area contributed by atoms with Crippen LogP contribution in [0.4, 0.5) is 38.8 Å². The quantitative estimate of drug-likeness (QED) is 0.409. The zero-order valence-corrected chi connectivity index (χ0v) is 14.0. The van der Waals surface area contributed by atoms with Crippen LogP contribution in [0, 0.1) is 26.0 Å². The average Bonchev–Trinajstić information content (AvgIpc) is 2.68. The summed E-state index contributed by atoms with van der Waals surface area (Å²) in [6.07, 6.45) is 1.07. The summed E-state index contributed by atoms with van der Waals surface area (Å²) in [5.74, 6) is -0.996. The molecule has 1 heterocycles. The van der Waals surface area contributed by atoms with Gasteiger partial charge in [-0.15, -0.1) is 0 Å². The van der Waals surface area contributed by atoms with E-state index in [9.17, 15) is 24.6 Å². The molecule has 0 spiro atoms. The first kappa shape index (κ1) is 18.4. The van der Waals surface area contributed by atoms with Gasteiger partial charge in [0.25, 0.3) is 5.69 Å². The Morgan fingerprint density at radius 2 is 1.54 bits per heavy atom. The molecular formula is C16H12FN7O4. The molecule has 11 nitrogen and oxygen atoms in total. The molecule has 1 aromatic heterocycles. The van der Waals surface area contributed by atoms with E-state index in [0.29, 0.717) is 5.69 Å². The maximum atomic E-state index is 13.8. The van der Waals surface area contributed by atoms with Gasteiger partial charge in [-0.3, -0.25) is 31.1 Å². The molecule has 0 unspecified atom stereocenters. The monoisotopic (exact) mass is 385 g/mol. The number of halogens is 1. The lowest BCUT2D eigenvalue weighted by Gasteiger charge is -2.11. The van der Waals surface area contributed by atoms with Crippen LogP contribution in [0.5, 0.6) is 0 Å². The van der Waals surface area contributed by atoms with Crippen molar-refractivity contribution in [2.45, 2.75) is 0 Å². The fraction of sp³-hybridized carbons (Fsp3) is 0. The summed E-state index contributed by atoms with van der Waals surface area (Å²) in [4.78, 5) is 28.5. The lowest BCUT2D eigenvalue weighted by molar-refractivity contribution is -0.384. The number of benzene rings is 2. The summed E-state index contributed by atoms with van der Waals surface area (Å²) >= 11 is 0. The molecule has 0 atom stereocenters. The van der Waals surface area contributed by atoms with E-state index in [1.165, 1.54) is 42.5 Å². The molecule has 0 amide bonds. The number of anilines is 4. The van der Waals surface area contributed by atoms with E-state index in [2.05, 4.69) is 26.1 Å². The number of nitrogens with one attached hydrogen (secondary N) is 3. The molecule has 12 heteroatoms. The Balaban J connectivity index is 1.84. The molecule has 0 aliphatic heterocycles. The summed E-state index contributed by atoms with van der Waals surface area (Å²) in [5.41, 5.74) is 5.01. The number of para-hydroxylation sites is 1. The van der Waals surface area contributed by atoms with Crippen LogP contribution in [-0.2, 0) is 0 Å². The van der Waals surface area contributed by atoms with Crippen molar-refractivity contribution >= 4 is 34.4 Å². The van der Waals surface area contributed by atoms with Gasteiger partial charge < -0.3 is 5.32 Å². The molecule has 0 aliphatic carbocycles. The van der Waals surface area contributed by atoms with Gasteiger partial charge in [0.05, 0.1) is 21.2 Å². The molecule has 3 N–H and O–H groups in total. The van der Waals surface area contributed by atoms with E-state index in [0.717, 1.165) is 6.33 Å². The van der Waals surface area contributed by atoms with Gasteiger partial charge in [-0.1, -0.05) is 12.1 Å². The highest BCUT2D eigenvalue weighted by atomic mass is 19.1. The van der Waals surface area contributed by atoms with Crippen LogP contribution < -0.4 is 16.2 Å². The molecule has 3 rings (SSSR count). The predicted octanol–water partition coefficient (Wildman–Crippen LogP) is 3.61. The number of hydrazine groups is 1. The highest BCUT2D eigenvalue weighted by Gasteiger charge is 2.23. The van der Waals surface area contributed by atoms with Crippen molar-refractivity contribution in [2.24, 2.45) is 0 Å². The van der Waals surface area contributed by atoms with Crippen molar-refractivity contribution < 1.29 is 14.2 Å². The van der Waals surface area contributed by atoms with Crippen molar-refractivity contribution in [1.82, 2.24) is 9.97 Å². The minimum absolute atomic E-state index is 0.0126. The fourth-order valence-corrected chi connectivity index (χ4v) is 2.22. The van der Waals surface area contributed by atoms with Gasteiger partial charge in [0, 0.05) is 12.1 Å². The van der Waals surface area contributed by atoms with Crippen molar-refractivity contribution in [3.63, 3.8) is 0 Å². The third-order valence-electron chi connectivity index (χ3n) is 3.54. The molecule has 142 valence electrons. The van der Waals surface area contributed by atoms with E-state index in [1.54, 1.807) is 6.07 Å². The highest BCUT2D eigenvalue weighted by molar-refractivity contribution is 5.74. The van der Waals surface area contributed by atoms with Crippen molar-refractivity contribution in [3.8, 4) is 0 Å². The first-order chi connectivity index (χ1) is 13.5. The standard InChI is InChI=1S/C16H12FN7O4/c17-12-3-1-2-4-13(12)20-15-14(24(27)28)16(19-9-18-15)22-21-10-5-7-11(8-6-10)23(25)26/h1-9,21H,(H2,18,19,20,22). The Morgan fingerprint density at radius 3 is 2.18 bits per heavy atom. The number of hydrogen-bond acceptors (Lipinski definition) is 9. The summed E-state index contributed by atoms with van der Waals surface area (Å²) in [6, 6.07) is 11.0. The second kappa shape index (κ2) is 7.90. The number of hydrogen-bond donors (Lipinski definition) is 3. The van der Waals surface area contributed by atoms with Gasteiger partial charge >= 0.3 is 5.69 Å². The summed E-state index contributed by atoms with van der Waals surface area (Å²) in [7, 11) is 0. The summed E-state index contributed by atoms with van der Waals surface area (Å²) in [5, 5.41) is 24.7. The smallest absolute Gasteiger partial charge is 0.332 e. The summed E-state index contributed by atoms with van der Waals surface area (Å²) in [6.45, 7) is 0. The molecule has 3 aromatic rings. The second-order valence-electron chi connectivity index (χ2n) is 5.34. The molecule has 0 saturated carbocycles. The van der Waals surface area contributed by atoms with E-state index >= 15 is 0 Å². The number of nitro benzene ring substituents is 1. The topological polar surface area (TPSA) is 148 Å². The molecule has 2 aromatic carbocycles. The number of aromatic nitrogens is 2. The Kier molecular flexibility index (Phi) is 5.21. The third kappa shape index (κ3) is 4.07. The second-order valence-corrected chi connectivity index (χ2v) is 5.34. The predicted molar refractivity (Wildman–Crippen MR) is 98.7 cm³/mol. The Hall–Kier alpha value is -4.35. The zero-order chi connectivity index (χ0) is 20.1. The molecule has 0 bridgehead atoms. The largest absolute Gasteiger partial charge is 0.355 e. The lowest BCUT2D eigenvalue weighted by atomic mass is 10.3. The average molecular weight is 385 g/mol. The van der Waals surface area contributed by atoms with Crippen LogP contribution in [0.25, 0.3) is 0 Å². The maximum Gasteiger partial charge on any atom is 0.355 e. The summed E-state index contributed by atoms with van der Waals surface area (Å²) < 4.78 is 13.8. The fourth-order valence-electron chi connectivity index (χ4n) is 2.22. The molecule has 0 saturated heterocycles. The number of nitrogens with zero attached hydrogens (tertiary/aromatic N) is 4. The SMILES string of the molecule is O=[N+]([O-])c1ccc(NNc2ncnc(Nc3ccccc3F)c2[N+](=O)[O-])cc1. The van der Waals surface area contributed by atoms with E-state index < -0.39 is 21.4 Å². The number of rotatable bonds is 7. The van der Waals surface area contributed by atoms with Crippen LogP contribution in [-0.4, -0.2) is 19.8 Å². The van der Waals surface area contributed by atoms with Crippen LogP contribution in [0.15, 0.2) is 54.9 Å². The molecular weight excluding hydrogens is 373 g/mol. The van der Waals surface area contributed by atoms with Crippen LogP contribution in [0.1, 0.15) is 0 Å². The Labute approximate surface area is 156 Å². The third-order valence-corrected chi connectivity index (χ3v) is 3.54. The van der Waals surface area contributed by atoms with Crippen LogP contribution >= 0.6 is 0 Å². The number of nitro groups is 2. The van der Waals surface area contributed by atoms with Crippen LogP contribution in [0.2, 0.25) is 0 Å². The van der Waals surface area contributed by atoms with E-state index in [1.807, 2.05) is 0 Å². The Bertz CT molecular complexity index is 1030. The van der Waals surface area contributed by atoms with Gasteiger partial charge in [0.15, 0.2) is 0 Å². The minimum Gasteiger partial charge on any atom is -0.332 e. The minimum atomic E-state index is -0.719. The molecule has 0 aliphatic rings. The number of non-ortho nitro benzene ring substituents is 1. The van der Waals surface area contributed by atoms with E-state index in [4.69, 9.17) is 0 Å². The Morgan fingerprint density at radius 1 is 0.857 bits per heavy atom. The van der Waals surface area contributed by atoms with Crippen LogP contribution in [0.3, 0.4) is 0 Å². The van der Waals surface area contributed by atoms with Crippen molar-refractivity contribution in [1.29, 1.82) is 0 Å². The van der Waals surface area contributed by atoms with Crippen molar-refractivity contribution in [3.05, 3.63) is 80.9 Å². The molecule has 28 heavy (non-hydrogen) atoms. The van der Waals surface area contributed by atoms with E-state index in [-0.39, 0.29) is 23.0 Å². The first-order valence-corrected chi connectivity index (χ1v) is 7.73. The molecule has 0 radical (unpaired) electrons. The van der Waals surface area contributed by atoms with Gasteiger partial charge in [-0.2, -0.15) is 0 Å².